The molecule has 2 heterocycles. The molecule has 0 aliphatic heterocycles. The van der Waals surface area contributed by atoms with Crippen LogP contribution in [-0.2, 0) is 6.42 Å². The Morgan fingerprint density at radius 3 is 2.88 bits per heavy atom. The topological polar surface area (TPSA) is 53.6 Å². The molecule has 4 heteroatoms. The van der Waals surface area contributed by atoms with Crippen molar-refractivity contribution in [1.82, 2.24) is 15.2 Å². The average Bonchev–Trinajstić information content (AvgIpc) is 2.71. The van der Waals surface area contributed by atoms with Gasteiger partial charge in [0.2, 0.25) is 0 Å². The van der Waals surface area contributed by atoms with Gasteiger partial charge in [0.15, 0.2) is 5.82 Å². The van der Waals surface area contributed by atoms with E-state index in [0.29, 0.717) is 0 Å². The average molecular weight is 230 g/mol. The largest absolute Gasteiger partial charge is 0.362 e. The first-order chi connectivity index (χ1) is 8.22. The molecule has 4 nitrogen and oxygen atoms in total. The highest BCUT2D eigenvalue weighted by Crippen LogP contribution is 2.21. The molecular weight excluding hydrogens is 212 g/mol. The molecule has 2 aromatic heterocycles. The van der Waals surface area contributed by atoms with Crippen LogP contribution in [0.4, 0.5) is 5.82 Å². The number of hydrogen-bond acceptors (Lipinski definition) is 3. The van der Waals surface area contributed by atoms with Crippen molar-refractivity contribution in [2.24, 2.45) is 0 Å². The van der Waals surface area contributed by atoms with Gasteiger partial charge in [-0.2, -0.15) is 5.10 Å². The summed E-state index contributed by atoms with van der Waals surface area (Å²) >= 11 is 0. The van der Waals surface area contributed by atoms with E-state index < -0.39 is 0 Å². The molecule has 17 heavy (non-hydrogen) atoms. The number of aryl methyl sites for hydroxylation is 1. The Morgan fingerprint density at radius 2 is 2.29 bits per heavy atom. The third-order valence-corrected chi connectivity index (χ3v) is 3.00. The minimum atomic E-state index is 0.204. The van der Waals surface area contributed by atoms with E-state index in [4.69, 9.17) is 0 Å². The lowest BCUT2D eigenvalue weighted by Gasteiger charge is -2.13. The number of aromatic amines is 1. The Hall–Kier alpha value is -1.84. The minimum Gasteiger partial charge on any atom is -0.362 e. The summed E-state index contributed by atoms with van der Waals surface area (Å²) in [5.74, 6) is 0.929. The standard InChI is InChI=1S/C13H18N4/c1-4-12-9(2)13(17-16-12)15-10(3)11-6-5-7-14-8-11/h5-8,10H,4H2,1-3H3,(H2,15,16,17). The van der Waals surface area contributed by atoms with Crippen LogP contribution in [-0.4, -0.2) is 15.2 Å². The second-order valence-electron chi connectivity index (χ2n) is 4.18. The Morgan fingerprint density at radius 1 is 1.47 bits per heavy atom. The van der Waals surface area contributed by atoms with Crippen LogP contribution >= 0.6 is 0 Å². The lowest BCUT2D eigenvalue weighted by molar-refractivity contribution is 0.860. The third-order valence-electron chi connectivity index (χ3n) is 3.00. The van der Waals surface area contributed by atoms with Crippen molar-refractivity contribution in [3.8, 4) is 0 Å². The first kappa shape index (κ1) is 11.6. The smallest absolute Gasteiger partial charge is 0.151 e. The van der Waals surface area contributed by atoms with Crippen LogP contribution in [0.2, 0.25) is 0 Å². The highest BCUT2D eigenvalue weighted by Gasteiger charge is 2.11. The highest BCUT2D eigenvalue weighted by atomic mass is 15.2. The van der Waals surface area contributed by atoms with E-state index in [1.165, 1.54) is 11.3 Å². The molecule has 90 valence electrons. The van der Waals surface area contributed by atoms with Gasteiger partial charge in [0.05, 0.1) is 6.04 Å². The van der Waals surface area contributed by atoms with Crippen molar-refractivity contribution in [1.29, 1.82) is 0 Å². The van der Waals surface area contributed by atoms with E-state index >= 15 is 0 Å². The molecule has 0 bridgehead atoms. The molecule has 0 spiro atoms. The van der Waals surface area contributed by atoms with Crippen LogP contribution in [0.5, 0.6) is 0 Å². The zero-order chi connectivity index (χ0) is 12.3. The summed E-state index contributed by atoms with van der Waals surface area (Å²) in [5.41, 5.74) is 3.54. The van der Waals surface area contributed by atoms with Gasteiger partial charge in [-0.05, 0) is 31.9 Å². The van der Waals surface area contributed by atoms with Crippen LogP contribution in [0.25, 0.3) is 0 Å². The predicted octanol–water partition coefficient (Wildman–Crippen LogP) is 2.85. The van der Waals surface area contributed by atoms with Crippen LogP contribution in [0.3, 0.4) is 0 Å². The van der Waals surface area contributed by atoms with Crippen molar-refractivity contribution >= 4 is 5.82 Å². The fraction of sp³-hybridized carbons (Fsp3) is 0.385. The van der Waals surface area contributed by atoms with E-state index in [-0.39, 0.29) is 6.04 Å². The number of hydrogen-bond donors (Lipinski definition) is 2. The Bertz CT molecular complexity index is 475. The van der Waals surface area contributed by atoms with E-state index in [2.05, 4.69) is 47.3 Å². The van der Waals surface area contributed by atoms with Gasteiger partial charge in [-0.3, -0.25) is 10.1 Å². The summed E-state index contributed by atoms with van der Waals surface area (Å²) in [7, 11) is 0. The maximum absolute atomic E-state index is 4.30. The third kappa shape index (κ3) is 2.46. The van der Waals surface area contributed by atoms with Gasteiger partial charge in [-0.15, -0.1) is 0 Å². The maximum Gasteiger partial charge on any atom is 0.151 e. The van der Waals surface area contributed by atoms with Gasteiger partial charge in [0, 0.05) is 23.7 Å². The van der Waals surface area contributed by atoms with Crippen molar-refractivity contribution in [2.75, 3.05) is 5.32 Å². The molecule has 1 atom stereocenters. The van der Waals surface area contributed by atoms with Crippen LogP contribution in [0.1, 0.15) is 36.7 Å². The zero-order valence-electron chi connectivity index (χ0n) is 10.5. The summed E-state index contributed by atoms with van der Waals surface area (Å²) in [6.07, 6.45) is 4.63. The summed E-state index contributed by atoms with van der Waals surface area (Å²) in [6.45, 7) is 6.31. The quantitative estimate of drug-likeness (QED) is 0.849. The van der Waals surface area contributed by atoms with Crippen LogP contribution in [0, 0.1) is 6.92 Å². The molecule has 1 unspecified atom stereocenters. The van der Waals surface area contributed by atoms with Crippen LogP contribution < -0.4 is 5.32 Å². The fourth-order valence-corrected chi connectivity index (χ4v) is 1.84. The first-order valence-electron chi connectivity index (χ1n) is 5.92. The van der Waals surface area contributed by atoms with Gasteiger partial charge >= 0.3 is 0 Å². The molecule has 0 saturated carbocycles. The molecule has 2 N–H and O–H groups in total. The lowest BCUT2D eigenvalue weighted by atomic mass is 10.1. The Labute approximate surface area is 101 Å². The molecule has 0 amide bonds. The lowest BCUT2D eigenvalue weighted by Crippen LogP contribution is -2.08. The molecule has 0 radical (unpaired) electrons. The van der Waals surface area contributed by atoms with Gasteiger partial charge in [-0.25, -0.2) is 0 Å². The summed E-state index contributed by atoms with van der Waals surface area (Å²) in [5, 5.41) is 10.7. The van der Waals surface area contributed by atoms with E-state index in [1.54, 1.807) is 6.20 Å². The Balaban J connectivity index is 2.13. The van der Waals surface area contributed by atoms with Gasteiger partial charge < -0.3 is 5.32 Å². The SMILES string of the molecule is CCc1[nH]nc(NC(C)c2cccnc2)c1C. The molecule has 0 fully saturated rings. The van der Waals surface area contributed by atoms with Gasteiger partial charge in [0.1, 0.15) is 0 Å². The highest BCUT2D eigenvalue weighted by molar-refractivity contribution is 5.47. The molecule has 0 aliphatic rings. The van der Waals surface area contributed by atoms with Crippen molar-refractivity contribution in [3.63, 3.8) is 0 Å². The summed E-state index contributed by atoms with van der Waals surface area (Å²) < 4.78 is 0. The Kier molecular flexibility index (Phi) is 3.42. The number of anilines is 1. The van der Waals surface area contributed by atoms with Crippen molar-refractivity contribution in [2.45, 2.75) is 33.2 Å². The van der Waals surface area contributed by atoms with E-state index in [1.807, 2.05) is 12.3 Å². The summed E-state index contributed by atoms with van der Waals surface area (Å²) in [6, 6.07) is 4.21. The number of rotatable bonds is 4. The van der Waals surface area contributed by atoms with Gasteiger partial charge in [-0.1, -0.05) is 13.0 Å². The normalized spacial score (nSPS) is 12.4. The molecule has 0 aromatic carbocycles. The summed E-state index contributed by atoms with van der Waals surface area (Å²) in [4.78, 5) is 4.12. The molecule has 0 aliphatic carbocycles. The van der Waals surface area contributed by atoms with Gasteiger partial charge in [0.25, 0.3) is 0 Å². The monoisotopic (exact) mass is 230 g/mol. The number of aromatic nitrogens is 3. The second kappa shape index (κ2) is 4.99. The molecule has 2 rings (SSSR count). The first-order valence-corrected chi connectivity index (χ1v) is 5.92. The molecular formula is C13H18N4. The number of nitrogens with one attached hydrogen (secondary N) is 2. The van der Waals surface area contributed by atoms with Crippen molar-refractivity contribution < 1.29 is 0 Å². The zero-order valence-corrected chi connectivity index (χ0v) is 10.5. The molecule has 0 saturated heterocycles. The van der Waals surface area contributed by atoms with E-state index in [9.17, 15) is 0 Å². The predicted molar refractivity (Wildman–Crippen MR) is 69.0 cm³/mol. The maximum atomic E-state index is 4.30. The number of H-pyrrole nitrogens is 1. The van der Waals surface area contributed by atoms with Crippen molar-refractivity contribution in [3.05, 3.63) is 41.3 Å². The fourth-order valence-electron chi connectivity index (χ4n) is 1.84. The second-order valence-corrected chi connectivity index (χ2v) is 4.18. The van der Waals surface area contributed by atoms with E-state index in [0.717, 1.165) is 17.8 Å². The molecule has 2 aromatic rings. The van der Waals surface area contributed by atoms with Crippen LogP contribution in [0.15, 0.2) is 24.5 Å². The number of pyridine rings is 1. The number of nitrogens with zero attached hydrogens (tertiary/aromatic N) is 2. The minimum absolute atomic E-state index is 0.204.